The van der Waals surface area contributed by atoms with Gasteiger partial charge in [-0.15, -0.1) is 11.3 Å². The van der Waals surface area contributed by atoms with Gasteiger partial charge in [0.1, 0.15) is 0 Å². The average Bonchev–Trinajstić information content (AvgIpc) is 2.97. The molecule has 0 amide bonds. The maximum absolute atomic E-state index is 4.54. The Morgan fingerprint density at radius 2 is 2.14 bits per heavy atom. The highest BCUT2D eigenvalue weighted by Gasteiger charge is 2.35. The van der Waals surface area contributed by atoms with Gasteiger partial charge in [0.15, 0.2) is 0 Å². The third-order valence-electron chi connectivity index (χ3n) is 5.03. The molecule has 1 saturated carbocycles. The molecule has 0 aliphatic heterocycles. The molecule has 1 heterocycles. The number of rotatable bonds is 8. The van der Waals surface area contributed by atoms with Gasteiger partial charge in [0.2, 0.25) is 0 Å². The topological polar surface area (TPSA) is 24.9 Å². The first-order chi connectivity index (χ1) is 10.1. The van der Waals surface area contributed by atoms with Crippen LogP contribution in [0.1, 0.15) is 70.7 Å². The molecule has 2 nitrogen and oxygen atoms in total. The van der Waals surface area contributed by atoms with E-state index in [2.05, 4.69) is 36.5 Å². The van der Waals surface area contributed by atoms with Gasteiger partial charge >= 0.3 is 0 Å². The predicted molar refractivity (Wildman–Crippen MR) is 92.9 cm³/mol. The summed E-state index contributed by atoms with van der Waals surface area (Å²) in [5.74, 6) is 0.980. The fraction of sp³-hybridized carbons (Fsp3) is 0.833. The lowest BCUT2D eigenvalue weighted by Crippen LogP contribution is -2.41. The highest BCUT2D eigenvalue weighted by Crippen LogP contribution is 2.42. The van der Waals surface area contributed by atoms with Crippen LogP contribution in [0.15, 0.2) is 11.6 Å². The summed E-state index contributed by atoms with van der Waals surface area (Å²) in [6, 6.07) is 0.580. The molecule has 0 aromatic carbocycles. The second-order valence-corrected chi connectivity index (χ2v) is 8.20. The van der Waals surface area contributed by atoms with Crippen molar-refractivity contribution in [1.82, 2.24) is 10.3 Å². The fourth-order valence-corrected chi connectivity index (χ4v) is 4.36. The Balaban J connectivity index is 1.94. The Morgan fingerprint density at radius 3 is 2.71 bits per heavy atom. The van der Waals surface area contributed by atoms with Crippen LogP contribution in [0, 0.1) is 11.3 Å². The smallest absolute Gasteiger partial charge is 0.0930 e. The maximum Gasteiger partial charge on any atom is 0.0930 e. The summed E-state index contributed by atoms with van der Waals surface area (Å²) >= 11 is 1.83. The maximum atomic E-state index is 4.54. The summed E-state index contributed by atoms with van der Waals surface area (Å²) in [6.45, 7) is 7.97. The second kappa shape index (κ2) is 8.28. The van der Waals surface area contributed by atoms with Crippen LogP contribution >= 0.6 is 11.3 Å². The lowest BCUT2D eigenvalue weighted by Gasteiger charge is -2.41. The van der Waals surface area contributed by atoms with Crippen LogP contribution in [0.2, 0.25) is 0 Å². The molecule has 120 valence electrons. The lowest BCUT2D eigenvalue weighted by atomic mass is 9.67. The second-order valence-electron chi connectivity index (χ2n) is 7.22. The van der Waals surface area contributed by atoms with Crippen molar-refractivity contribution in [3.8, 4) is 0 Å². The van der Waals surface area contributed by atoms with Crippen molar-refractivity contribution in [2.45, 2.75) is 78.2 Å². The van der Waals surface area contributed by atoms with Gasteiger partial charge in [-0.3, -0.25) is 0 Å². The van der Waals surface area contributed by atoms with Gasteiger partial charge in [0.05, 0.1) is 5.01 Å². The van der Waals surface area contributed by atoms with Crippen molar-refractivity contribution in [3.63, 3.8) is 0 Å². The molecular weight excluding hydrogens is 276 g/mol. The van der Waals surface area contributed by atoms with Crippen molar-refractivity contribution in [2.24, 2.45) is 11.3 Å². The summed E-state index contributed by atoms with van der Waals surface area (Å²) in [5, 5.41) is 7.15. The van der Waals surface area contributed by atoms with Crippen LogP contribution in [0.5, 0.6) is 0 Å². The largest absolute Gasteiger partial charge is 0.314 e. The summed E-state index contributed by atoms with van der Waals surface area (Å²) in [6.07, 6.45) is 12.9. The van der Waals surface area contributed by atoms with Crippen LogP contribution in [0.25, 0.3) is 0 Å². The Labute approximate surface area is 134 Å². The Hall–Kier alpha value is -0.410. The van der Waals surface area contributed by atoms with Crippen LogP contribution in [0.3, 0.4) is 0 Å². The zero-order valence-electron chi connectivity index (χ0n) is 14.0. The van der Waals surface area contributed by atoms with Crippen molar-refractivity contribution >= 4 is 11.3 Å². The van der Waals surface area contributed by atoms with E-state index in [4.69, 9.17) is 0 Å². The minimum absolute atomic E-state index is 0.449. The van der Waals surface area contributed by atoms with Crippen LogP contribution in [0.4, 0.5) is 0 Å². The Kier molecular flexibility index (Phi) is 6.69. The number of hydrogen-bond acceptors (Lipinski definition) is 3. The molecule has 0 spiro atoms. The van der Waals surface area contributed by atoms with Gasteiger partial charge in [-0.05, 0) is 37.0 Å². The first-order valence-corrected chi connectivity index (χ1v) is 9.63. The van der Waals surface area contributed by atoms with E-state index in [-0.39, 0.29) is 0 Å². The number of hydrogen-bond donors (Lipinski definition) is 1. The number of nitrogens with one attached hydrogen (secondary N) is 1. The Morgan fingerprint density at radius 1 is 1.38 bits per heavy atom. The molecule has 1 N–H and O–H groups in total. The molecule has 1 aromatic heterocycles. The van der Waals surface area contributed by atoms with E-state index >= 15 is 0 Å². The standard InChI is InChI=1S/C18H32N2S/c1-4-5-6-16-7-9-18(10-8-16,14-20-15(2)3)13-17-19-11-12-21-17/h11-12,15-16,20H,4-10,13-14H2,1-3H3. The molecule has 1 aliphatic rings. The minimum Gasteiger partial charge on any atom is -0.314 e. The van der Waals surface area contributed by atoms with Crippen molar-refractivity contribution in [1.29, 1.82) is 0 Å². The highest BCUT2D eigenvalue weighted by molar-refractivity contribution is 7.09. The fourth-order valence-electron chi connectivity index (χ4n) is 3.57. The minimum atomic E-state index is 0.449. The lowest BCUT2D eigenvalue weighted by molar-refractivity contribution is 0.135. The van der Waals surface area contributed by atoms with E-state index < -0.39 is 0 Å². The highest BCUT2D eigenvalue weighted by atomic mass is 32.1. The number of nitrogens with zero attached hydrogens (tertiary/aromatic N) is 1. The summed E-state index contributed by atoms with van der Waals surface area (Å²) in [7, 11) is 0. The van der Waals surface area contributed by atoms with Crippen LogP contribution in [-0.4, -0.2) is 17.6 Å². The molecule has 2 rings (SSSR count). The Bertz CT molecular complexity index is 378. The van der Waals surface area contributed by atoms with Gasteiger partial charge in [-0.25, -0.2) is 4.98 Å². The molecule has 0 saturated heterocycles. The summed E-state index contributed by atoms with van der Waals surface area (Å²) in [5.41, 5.74) is 0.449. The normalized spacial score (nSPS) is 26.4. The molecule has 1 fully saturated rings. The van der Waals surface area contributed by atoms with Gasteiger partial charge in [0, 0.05) is 30.6 Å². The van der Waals surface area contributed by atoms with Crippen molar-refractivity contribution in [2.75, 3.05) is 6.54 Å². The summed E-state index contributed by atoms with van der Waals surface area (Å²) < 4.78 is 0. The van der Waals surface area contributed by atoms with Crippen molar-refractivity contribution < 1.29 is 0 Å². The van der Waals surface area contributed by atoms with E-state index in [0.717, 1.165) is 12.5 Å². The molecule has 1 aromatic rings. The molecule has 1 aliphatic carbocycles. The molecule has 0 bridgehead atoms. The predicted octanol–water partition coefficient (Wildman–Crippen LogP) is 5.05. The van der Waals surface area contributed by atoms with Crippen molar-refractivity contribution in [3.05, 3.63) is 16.6 Å². The van der Waals surface area contributed by atoms with E-state index in [9.17, 15) is 0 Å². The zero-order valence-corrected chi connectivity index (χ0v) is 14.8. The molecule has 0 unspecified atom stereocenters. The quantitative estimate of drug-likeness (QED) is 0.727. The number of unbranched alkanes of at least 4 members (excludes halogenated alkanes) is 1. The molecule has 21 heavy (non-hydrogen) atoms. The molecule has 3 heteroatoms. The van der Waals surface area contributed by atoms with Gasteiger partial charge in [0.25, 0.3) is 0 Å². The van der Waals surface area contributed by atoms with Crippen LogP contribution < -0.4 is 5.32 Å². The SMILES string of the molecule is CCCCC1CCC(CNC(C)C)(Cc2nccs2)CC1. The number of thiazole rings is 1. The molecular formula is C18H32N2S. The number of aromatic nitrogens is 1. The zero-order chi connectivity index (χ0) is 15.1. The van der Waals surface area contributed by atoms with E-state index in [1.54, 1.807) is 0 Å². The van der Waals surface area contributed by atoms with Gasteiger partial charge in [-0.1, -0.05) is 40.0 Å². The third kappa shape index (κ3) is 5.37. The molecule has 0 radical (unpaired) electrons. The van der Waals surface area contributed by atoms with Gasteiger partial charge in [-0.2, -0.15) is 0 Å². The first kappa shape index (κ1) is 17.0. The average molecular weight is 309 g/mol. The van der Waals surface area contributed by atoms with Crippen LogP contribution in [-0.2, 0) is 6.42 Å². The van der Waals surface area contributed by atoms with Gasteiger partial charge < -0.3 is 5.32 Å². The van der Waals surface area contributed by atoms with E-state index in [1.165, 1.54) is 56.4 Å². The monoisotopic (exact) mass is 308 g/mol. The summed E-state index contributed by atoms with van der Waals surface area (Å²) in [4.78, 5) is 4.54. The molecule has 0 atom stereocenters. The third-order valence-corrected chi connectivity index (χ3v) is 5.81. The van der Waals surface area contributed by atoms with E-state index in [1.807, 2.05) is 17.5 Å². The first-order valence-electron chi connectivity index (χ1n) is 8.75. The van der Waals surface area contributed by atoms with E-state index in [0.29, 0.717) is 11.5 Å².